The average Bonchev–Trinajstić information content (AvgIpc) is 3.22. The molecule has 7 heteroatoms. The molecule has 0 aliphatic rings. The second kappa shape index (κ2) is 7.98. The number of rotatable bonds is 4. The molecule has 0 atom stereocenters. The maximum absolute atomic E-state index is 13.2. The SMILES string of the molecule is O=C(Cn1cnc2scc(-c3ccc4ccccc4c3)c2c1=O)Nc1ccc(Cl)cc1. The van der Waals surface area contributed by atoms with Gasteiger partial charge in [-0.2, -0.15) is 0 Å². The van der Waals surface area contributed by atoms with Gasteiger partial charge in [0.25, 0.3) is 5.56 Å². The van der Waals surface area contributed by atoms with Crippen molar-refractivity contribution in [2.75, 3.05) is 5.32 Å². The Balaban J connectivity index is 1.49. The monoisotopic (exact) mass is 445 g/mol. The second-order valence-corrected chi connectivity index (χ2v) is 8.42. The van der Waals surface area contributed by atoms with Crippen molar-refractivity contribution in [2.24, 2.45) is 0 Å². The van der Waals surface area contributed by atoms with Crippen LogP contribution in [0.1, 0.15) is 0 Å². The van der Waals surface area contributed by atoms with Crippen molar-refractivity contribution in [1.29, 1.82) is 0 Å². The summed E-state index contributed by atoms with van der Waals surface area (Å²) < 4.78 is 1.34. The van der Waals surface area contributed by atoms with E-state index in [9.17, 15) is 9.59 Å². The smallest absolute Gasteiger partial charge is 0.263 e. The van der Waals surface area contributed by atoms with E-state index >= 15 is 0 Å². The summed E-state index contributed by atoms with van der Waals surface area (Å²) >= 11 is 7.30. The third-order valence-corrected chi connectivity index (χ3v) is 6.20. The number of anilines is 1. The molecule has 0 aliphatic heterocycles. The van der Waals surface area contributed by atoms with Gasteiger partial charge in [0.1, 0.15) is 11.4 Å². The number of thiophene rings is 1. The summed E-state index contributed by atoms with van der Waals surface area (Å²) in [4.78, 5) is 30.7. The van der Waals surface area contributed by atoms with Crippen LogP contribution in [-0.2, 0) is 11.3 Å². The van der Waals surface area contributed by atoms with Crippen LogP contribution in [0.5, 0.6) is 0 Å². The van der Waals surface area contributed by atoms with Gasteiger partial charge in [0.2, 0.25) is 5.91 Å². The first-order valence-electron chi connectivity index (χ1n) is 9.60. The van der Waals surface area contributed by atoms with Gasteiger partial charge in [-0.1, -0.05) is 48.0 Å². The Hall–Kier alpha value is -3.48. The van der Waals surface area contributed by atoms with Crippen molar-refractivity contribution in [2.45, 2.75) is 6.54 Å². The maximum Gasteiger partial charge on any atom is 0.263 e. The molecule has 2 heterocycles. The third-order valence-electron chi connectivity index (χ3n) is 5.06. The average molecular weight is 446 g/mol. The molecular formula is C24H16ClN3O2S. The number of benzene rings is 3. The van der Waals surface area contributed by atoms with Crippen molar-refractivity contribution in [3.63, 3.8) is 0 Å². The minimum atomic E-state index is -0.312. The molecule has 0 saturated heterocycles. The maximum atomic E-state index is 13.2. The van der Waals surface area contributed by atoms with Crippen molar-refractivity contribution in [3.8, 4) is 11.1 Å². The molecule has 0 unspecified atom stereocenters. The fourth-order valence-corrected chi connectivity index (χ4v) is 4.57. The van der Waals surface area contributed by atoms with Crippen molar-refractivity contribution in [3.05, 3.63) is 93.8 Å². The van der Waals surface area contributed by atoms with E-state index in [1.54, 1.807) is 24.3 Å². The Labute approximate surface area is 186 Å². The van der Waals surface area contributed by atoms with Crippen LogP contribution >= 0.6 is 22.9 Å². The zero-order chi connectivity index (χ0) is 21.4. The van der Waals surface area contributed by atoms with E-state index in [-0.39, 0.29) is 18.0 Å². The zero-order valence-corrected chi connectivity index (χ0v) is 17.8. The van der Waals surface area contributed by atoms with Gasteiger partial charge >= 0.3 is 0 Å². The topological polar surface area (TPSA) is 64.0 Å². The van der Waals surface area contributed by atoms with E-state index in [1.165, 1.54) is 22.2 Å². The summed E-state index contributed by atoms with van der Waals surface area (Å²) in [5.74, 6) is -0.312. The van der Waals surface area contributed by atoms with Crippen LogP contribution in [0.25, 0.3) is 32.1 Å². The normalized spacial score (nSPS) is 11.1. The van der Waals surface area contributed by atoms with E-state index in [4.69, 9.17) is 11.6 Å². The minimum Gasteiger partial charge on any atom is -0.325 e. The molecule has 0 bridgehead atoms. The largest absolute Gasteiger partial charge is 0.325 e. The molecular weight excluding hydrogens is 430 g/mol. The lowest BCUT2D eigenvalue weighted by Crippen LogP contribution is -2.27. The highest BCUT2D eigenvalue weighted by atomic mass is 35.5. The van der Waals surface area contributed by atoms with Crippen molar-refractivity contribution in [1.82, 2.24) is 9.55 Å². The Bertz CT molecular complexity index is 1490. The predicted molar refractivity (Wildman–Crippen MR) is 127 cm³/mol. The van der Waals surface area contributed by atoms with Crippen LogP contribution in [0.2, 0.25) is 5.02 Å². The summed E-state index contributed by atoms with van der Waals surface area (Å²) in [6.07, 6.45) is 1.42. The fraction of sp³-hybridized carbons (Fsp3) is 0.0417. The number of carbonyl (C=O) groups excluding carboxylic acids is 1. The van der Waals surface area contributed by atoms with Gasteiger partial charge < -0.3 is 5.32 Å². The molecule has 1 N–H and O–H groups in total. The number of aromatic nitrogens is 2. The highest BCUT2D eigenvalue weighted by molar-refractivity contribution is 7.17. The number of nitrogens with zero attached hydrogens (tertiary/aromatic N) is 2. The van der Waals surface area contributed by atoms with Crippen LogP contribution in [-0.4, -0.2) is 15.5 Å². The van der Waals surface area contributed by atoms with Gasteiger partial charge in [-0.15, -0.1) is 11.3 Å². The Morgan fingerprint density at radius 1 is 1.03 bits per heavy atom. The summed E-state index contributed by atoms with van der Waals surface area (Å²) in [5, 5.41) is 8.07. The standard InChI is InChI=1S/C24H16ClN3O2S/c25-18-7-9-19(10-8-18)27-21(29)12-28-14-26-23-22(24(28)30)20(13-31-23)17-6-5-15-3-1-2-4-16(15)11-17/h1-11,13-14H,12H2,(H,27,29). The van der Waals surface area contributed by atoms with Gasteiger partial charge in [0.05, 0.1) is 11.7 Å². The number of fused-ring (bicyclic) bond motifs is 2. The molecule has 5 aromatic rings. The number of nitrogens with one attached hydrogen (secondary N) is 1. The molecule has 2 aromatic heterocycles. The summed E-state index contributed by atoms with van der Waals surface area (Å²) in [6, 6.07) is 21.0. The molecule has 0 spiro atoms. The number of carbonyl (C=O) groups is 1. The van der Waals surface area contributed by atoms with E-state index in [0.29, 0.717) is 20.9 Å². The van der Waals surface area contributed by atoms with Crippen LogP contribution < -0.4 is 10.9 Å². The molecule has 1 amide bonds. The first-order valence-corrected chi connectivity index (χ1v) is 10.9. The van der Waals surface area contributed by atoms with Gasteiger partial charge in [0.15, 0.2) is 0 Å². The molecule has 5 nitrogen and oxygen atoms in total. The first kappa shape index (κ1) is 19.5. The fourth-order valence-electron chi connectivity index (χ4n) is 3.54. The minimum absolute atomic E-state index is 0.128. The first-order chi connectivity index (χ1) is 15.1. The van der Waals surface area contributed by atoms with Crippen molar-refractivity contribution < 1.29 is 4.79 Å². The molecule has 31 heavy (non-hydrogen) atoms. The van der Waals surface area contributed by atoms with Gasteiger partial charge in [-0.25, -0.2) is 4.98 Å². The lowest BCUT2D eigenvalue weighted by Gasteiger charge is -2.08. The van der Waals surface area contributed by atoms with Gasteiger partial charge in [-0.3, -0.25) is 14.2 Å². The Kier molecular flexibility index (Phi) is 5.02. The third kappa shape index (κ3) is 3.83. The summed E-state index contributed by atoms with van der Waals surface area (Å²) in [6.45, 7) is -0.128. The lowest BCUT2D eigenvalue weighted by molar-refractivity contribution is -0.116. The Morgan fingerprint density at radius 3 is 2.61 bits per heavy atom. The molecule has 5 rings (SSSR count). The molecule has 0 aliphatic carbocycles. The highest BCUT2D eigenvalue weighted by Crippen LogP contribution is 2.32. The molecule has 152 valence electrons. The van der Waals surface area contributed by atoms with E-state index < -0.39 is 0 Å². The van der Waals surface area contributed by atoms with E-state index in [0.717, 1.165) is 21.9 Å². The van der Waals surface area contributed by atoms with E-state index in [2.05, 4.69) is 22.4 Å². The second-order valence-electron chi connectivity index (χ2n) is 7.12. The lowest BCUT2D eigenvalue weighted by atomic mass is 10.0. The molecule has 0 saturated carbocycles. The molecule has 0 radical (unpaired) electrons. The summed E-state index contributed by atoms with van der Waals surface area (Å²) in [7, 11) is 0. The number of hydrogen-bond acceptors (Lipinski definition) is 4. The van der Waals surface area contributed by atoms with Crippen LogP contribution in [0.4, 0.5) is 5.69 Å². The zero-order valence-electron chi connectivity index (χ0n) is 16.2. The predicted octanol–water partition coefficient (Wildman–Crippen LogP) is 5.57. The number of hydrogen-bond donors (Lipinski definition) is 1. The van der Waals surface area contributed by atoms with Crippen LogP contribution in [0.3, 0.4) is 0 Å². The van der Waals surface area contributed by atoms with Crippen LogP contribution in [0, 0.1) is 0 Å². The van der Waals surface area contributed by atoms with Gasteiger partial charge in [-0.05, 0) is 46.7 Å². The number of halogens is 1. The van der Waals surface area contributed by atoms with Crippen LogP contribution in [0.15, 0.2) is 83.2 Å². The molecule has 0 fully saturated rings. The summed E-state index contributed by atoms with van der Waals surface area (Å²) in [5.41, 5.74) is 2.16. The van der Waals surface area contributed by atoms with Gasteiger partial charge in [0, 0.05) is 21.7 Å². The van der Waals surface area contributed by atoms with Crippen molar-refractivity contribution >= 4 is 55.5 Å². The quantitative estimate of drug-likeness (QED) is 0.393. The molecule has 3 aromatic carbocycles. The Morgan fingerprint density at radius 2 is 1.81 bits per heavy atom. The van der Waals surface area contributed by atoms with E-state index in [1.807, 2.05) is 35.7 Å². The number of amides is 1. The highest BCUT2D eigenvalue weighted by Gasteiger charge is 2.15.